The Hall–Kier alpha value is -4.21. The summed E-state index contributed by atoms with van der Waals surface area (Å²) in [5.74, 6) is -1.60. The molecule has 0 saturated heterocycles. The fourth-order valence-corrected chi connectivity index (χ4v) is 6.73. The van der Waals surface area contributed by atoms with Crippen molar-refractivity contribution in [3.63, 3.8) is 0 Å². The predicted octanol–water partition coefficient (Wildman–Crippen LogP) is 3.68. The molecule has 2 heterocycles. The topological polar surface area (TPSA) is 122 Å². The van der Waals surface area contributed by atoms with Crippen molar-refractivity contribution in [1.82, 2.24) is 15.1 Å². The summed E-state index contributed by atoms with van der Waals surface area (Å²) in [7, 11) is 2.95. The van der Waals surface area contributed by atoms with Crippen LogP contribution < -0.4 is 10.1 Å². The molecule has 1 fully saturated rings. The van der Waals surface area contributed by atoms with Crippen LogP contribution in [0.1, 0.15) is 82.8 Å². The summed E-state index contributed by atoms with van der Waals surface area (Å²) in [5.41, 5.74) is 2.65. The Labute approximate surface area is 251 Å². The summed E-state index contributed by atoms with van der Waals surface area (Å²) in [6.45, 7) is 0.884. The number of esters is 1. The highest BCUT2D eigenvalue weighted by Gasteiger charge is 2.43. The summed E-state index contributed by atoms with van der Waals surface area (Å²) in [5, 5.41) is 2.61. The standard InChI is InChI=1S/C33H39N3O7/c1-34-28(37)15-8-20-43-27-14-7-9-21-16-18-35(30(38)24-12-5-6-13-25(24)33(41)42-2)26(29(21)27)17-19-36-31(39)22-10-3-4-11-23(22)32(36)40/h3-4,7,9-11,14,24-26H,5-6,8,12-13,15-20H2,1-2H3,(H,34,37)/t24-,25+,26-/m1/s1. The Morgan fingerprint density at radius 2 is 1.65 bits per heavy atom. The van der Waals surface area contributed by atoms with Crippen LogP contribution in [0.4, 0.5) is 0 Å². The van der Waals surface area contributed by atoms with Crippen LogP contribution in [0.5, 0.6) is 5.75 Å². The van der Waals surface area contributed by atoms with E-state index in [9.17, 15) is 24.0 Å². The van der Waals surface area contributed by atoms with E-state index in [0.29, 0.717) is 68.6 Å². The minimum absolute atomic E-state index is 0.0677. The van der Waals surface area contributed by atoms with E-state index in [4.69, 9.17) is 9.47 Å². The van der Waals surface area contributed by atoms with Gasteiger partial charge in [0.05, 0.1) is 42.7 Å². The monoisotopic (exact) mass is 589 g/mol. The van der Waals surface area contributed by atoms with Gasteiger partial charge in [0.1, 0.15) is 5.75 Å². The van der Waals surface area contributed by atoms with Crippen LogP contribution >= 0.6 is 0 Å². The predicted molar refractivity (Wildman–Crippen MR) is 157 cm³/mol. The minimum Gasteiger partial charge on any atom is -0.493 e. The Balaban J connectivity index is 1.44. The Morgan fingerprint density at radius 3 is 2.33 bits per heavy atom. The van der Waals surface area contributed by atoms with E-state index in [2.05, 4.69) is 5.32 Å². The molecule has 0 bridgehead atoms. The first-order valence-electron chi connectivity index (χ1n) is 15.1. The number of fused-ring (bicyclic) bond motifs is 2. The zero-order valence-corrected chi connectivity index (χ0v) is 24.8. The molecule has 10 nitrogen and oxygen atoms in total. The van der Waals surface area contributed by atoms with Crippen molar-refractivity contribution < 1.29 is 33.4 Å². The molecule has 1 saturated carbocycles. The van der Waals surface area contributed by atoms with E-state index in [0.717, 1.165) is 24.0 Å². The van der Waals surface area contributed by atoms with Gasteiger partial charge in [-0.2, -0.15) is 0 Å². The molecule has 0 spiro atoms. The number of nitrogens with zero attached hydrogens (tertiary/aromatic N) is 2. The lowest BCUT2D eigenvalue weighted by atomic mass is 9.77. The highest BCUT2D eigenvalue weighted by Crippen LogP contribution is 2.42. The van der Waals surface area contributed by atoms with Crippen LogP contribution in [0.15, 0.2) is 42.5 Å². The van der Waals surface area contributed by atoms with E-state index in [-0.39, 0.29) is 36.1 Å². The first-order chi connectivity index (χ1) is 20.8. The molecule has 5 rings (SSSR count). The first kappa shape index (κ1) is 30.3. The van der Waals surface area contributed by atoms with Gasteiger partial charge >= 0.3 is 5.97 Å². The molecule has 0 unspecified atom stereocenters. The normalized spacial score (nSPS) is 21.2. The van der Waals surface area contributed by atoms with E-state index in [1.54, 1.807) is 31.3 Å². The van der Waals surface area contributed by atoms with Crippen molar-refractivity contribution in [3.05, 3.63) is 64.7 Å². The quantitative estimate of drug-likeness (QED) is 0.255. The smallest absolute Gasteiger partial charge is 0.309 e. The number of benzene rings is 2. The number of ether oxygens (including phenoxy) is 2. The largest absolute Gasteiger partial charge is 0.493 e. The molecule has 2 aliphatic heterocycles. The first-order valence-corrected chi connectivity index (χ1v) is 15.1. The minimum atomic E-state index is -0.499. The highest BCUT2D eigenvalue weighted by atomic mass is 16.5. The average Bonchev–Trinajstić information content (AvgIpc) is 3.29. The van der Waals surface area contributed by atoms with Crippen molar-refractivity contribution in [1.29, 1.82) is 0 Å². The molecular formula is C33H39N3O7. The fraction of sp³-hybridized carbons (Fsp3) is 0.485. The molecule has 0 aromatic heterocycles. The number of imide groups is 1. The zero-order valence-electron chi connectivity index (χ0n) is 24.8. The third-order valence-corrected chi connectivity index (χ3v) is 8.95. The van der Waals surface area contributed by atoms with Gasteiger partial charge in [0.15, 0.2) is 0 Å². The molecule has 43 heavy (non-hydrogen) atoms. The third kappa shape index (κ3) is 6.14. The summed E-state index contributed by atoms with van der Waals surface area (Å²) in [6, 6.07) is 12.1. The number of methoxy groups -OCH3 is 1. The van der Waals surface area contributed by atoms with E-state index >= 15 is 0 Å². The maximum atomic E-state index is 14.3. The molecule has 2 aromatic rings. The van der Waals surface area contributed by atoms with Gasteiger partial charge in [-0.25, -0.2) is 0 Å². The van der Waals surface area contributed by atoms with Crippen LogP contribution in [-0.4, -0.2) is 73.3 Å². The van der Waals surface area contributed by atoms with Crippen LogP contribution in [0, 0.1) is 11.8 Å². The van der Waals surface area contributed by atoms with E-state index in [1.807, 2.05) is 23.1 Å². The molecule has 3 atom stereocenters. The number of carbonyl (C=O) groups excluding carboxylic acids is 5. The molecule has 2 aromatic carbocycles. The molecule has 3 aliphatic rings. The molecule has 1 N–H and O–H groups in total. The Bertz CT molecular complexity index is 1370. The number of rotatable bonds is 10. The van der Waals surface area contributed by atoms with Crippen molar-refractivity contribution in [2.24, 2.45) is 11.8 Å². The van der Waals surface area contributed by atoms with Gasteiger partial charge < -0.3 is 19.7 Å². The second kappa shape index (κ2) is 13.4. The van der Waals surface area contributed by atoms with Gasteiger partial charge in [0.25, 0.3) is 11.8 Å². The number of hydrogen-bond acceptors (Lipinski definition) is 7. The van der Waals surface area contributed by atoms with Gasteiger partial charge in [-0.15, -0.1) is 0 Å². The molecule has 4 amide bonds. The second-order valence-corrected chi connectivity index (χ2v) is 11.4. The molecular weight excluding hydrogens is 550 g/mol. The summed E-state index contributed by atoms with van der Waals surface area (Å²) in [4.78, 5) is 68.1. The number of amides is 4. The summed E-state index contributed by atoms with van der Waals surface area (Å²) < 4.78 is 11.3. The van der Waals surface area contributed by atoms with Crippen LogP contribution in [0.2, 0.25) is 0 Å². The highest BCUT2D eigenvalue weighted by molar-refractivity contribution is 6.21. The van der Waals surface area contributed by atoms with Gasteiger partial charge in [-0.05, 0) is 55.9 Å². The van der Waals surface area contributed by atoms with Gasteiger partial charge in [-0.1, -0.05) is 37.1 Å². The maximum absolute atomic E-state index is 14.3. The third-order valence-electron chi connectivity index (χ3n) is 8.95. The van der Waals surface area contributed by atoms with Crippen LogP contribution in [0.3, 0.4) is 0 Å². The molecule has 10 heteroatoms. The number of carbonyl (C=O) groups is 5. The number of hydrogen-bond donors (Lipinski definition) is 1. The lowest BCUT2D eigenvalue weighted by Gasteiger charge is -2.42. The summed E-state index contributed by atoms with van der Waals surface area (Å²) >= 11 is 0. The lowest BCUT2D eigenvalue weighted by molar-refractivity contribution is -0.156. The lowest BCUT2D eigenvalue weighted by Crippen LogP contribution is -2.48. The SMILES string of the molecule is CNC(=O)CCCOc1cccc2c1[C@@H](CCN1C(=O)c3ccccc3C1=O)N(C(=O)[C@@H]1CCCC[C@@H]1C(=O)OC)CC2. The van der Waals surface area contributed by atoms with Crippen LogP contribution in [-0.2, 0) is 25.5 Å². The fourth-order valence-electron chi connectivity index (χ4n) is 6.73. The molecule has 228 valence electrons. The van der Waals surface area contributed by atoms with Gasteiger partial charge in [-0.3, -0.25) is 28.9 Å². The Kier molecular flexibility index (Phi) is 9.43. The van der Waals surface area contributed by atoms with Gasteiger partial charge in [0.2, 0.25) is 11.8 Å². The van der Waals surface area contributed by atoms with Crippen molar-refractivity contribution in [2.75, 3.05) is 33.9 Å². The van der Waals surface area contributed by atoms with Crippen molar-refractivity contribution >= 4 is 29.6 Å². The van der Waals surface area contributed by atoms with Crippen molar-refractivity contribution in [2.45, 2.75) is 57.4 Å². The van der Waals surface area contributed by atoms with E-state index < -0.39 is 17.9 Å². The Morgan fingerprint density at radius 1 is 0.953 bits per heavy atom. The average molecular weight is 590 g/mol. The van der Waals surface area contributed by atoms with Gasteiger partial charge in [0, 0.05) is 32.1 Å². The second-order valence-electron chi connectivity index (χ2n) is 11.4. The van der Waals surface area contributed by atoms with Crippen molar-refractivity contribution in [3.8, 4) is 5.75 Å². The molecule has 0 radical (unpaired) electrons. The molecule has 1 aliphatic carbocycles. The number of nitrogens with one attached hydrogen (secondary N) is 1. The summed E-state index contributed by atoms with van der Waals surface area (Å²) in [6.07, 6.45) is 4.70. The van der Waals surface area contributed by atoms with Crippen LogP contribution in [0.25, 0.3) is 0 Å². The maximum Gasteiger partial charge on any atom is 0.309 e. The van der Waals surface area contributed by atoms with E-state index in [1.165, 1.54) is 12.0 Å². The zero-order chi connectivity index (χ0) is 30.5.